The van der Waals surface area contributed by atoms with Gasteiger partial charge in [0, 0.05) is 0 Å². The predicted octanol–water partition coefficient (Wildman–Crippen LogP) is 6.51. The highest BCUT2D eigenvalue weighted by Crippen LogP contribution is 2.41. The molecule has 0 spiro atoms. The van der Waals surface area contributed by atoms with Crippen molar-refractivity contribution in [3.05, 3.63) is 58.1 Å². The first kappa shape index (κ1) is 16.3. The lowest BCUT2D eigenvalue weighted by atomic mass is 9.86. The van der Waals surface area contributed by atoms with Gasteiger partial charge in [-0.1, -0.05) is 70.4 Å². The molecular formula is C23H30. The van der Waals surface area contributed by atoms with Gasteiger partial charge in [0.1, 0.15) is 0 Å². The molecule has 1 aliphatic rings. The van der Waals surface area contributed by atoms with Gasteiger partial charge in [0.25, 0.3) is 0 Å². The molecule has 0 unspecified atom stereocenters. The van der Waals surface area contributed by atoms with Gasteiger partial charge >= 0.3 is 0 Å². The molecule has 0 nitrogen and oxygen atoms in total. The van der Waals surface area contributed by atoms with Gasteiger partial charge in [0.05, 0.1) is 0 Å². The van der Waals surface area contributed by atoms with E-state index in [0.29, 0.717) is 0 Å². The molecule has 122 valence electrons. The van der Waals surface area contributed by atoms with Crippen LogP contribution in [0.3, 0.4) is 0 Å². The van der Waals surface area contributed by atoms with Crippen LogP contribution < -0.4 is 0 Å². The lowest BCUT2D eigenvalue weighted by Gasteiger charge is -2.18. The first-order valence-corrected chi connectivity index (χ1v) is 9.54. The van der Waals surface area contributed by atoms with Crippen LogP contribution in [0.5, 0.6) is 0 Å². The Morgan fingerprint density at radius 2 is 1.65 bits per heavy atom. The summed E-state index contributed by atoms with van der Waals surface area (Å²) in [7, 11) is 0. The standard InChI is InChI=1S/C23H30/c1-4-7-8-9-14-21-19(6-3)17(5-2)15-22-20-13-11-10-12-18(20)16-23(21)22/h10-13,15H,4-9,14,16H2,1-3H3. The van der Waals surface area contributed by atoms with E-state index < -0.39 is 0 Å². The van der Waals surface area contributed by atoms with Crippen LogP contribution in [0.1, 0.15) is 74.3 Å². The molecule has 0 radical (unpaired) electrons. The first-order valence-electron chi connectivity index (χ1n) is 9.54. The van der Waals surface area contributed by atoms with Crippen LogP contribution in [0.25, 0.3) is 11.1 Å². The molecule has 0 heteroatoms. The third-order valence-corrected chi connectivity index (χ3v) is 5.45. The van der Waals surface area contributed by atoms with Gasteiger partial charge in [-0.3, -0.25) is 0 Å². The van der Waals surface area contributed by atoms with E-state index in [1.165, 1.54) is 55.2 Å². The quantitative estimate of drug-likeness (QED) is 0.437. The number of hydrogen-bond acceptors (Lipinski definition) is 0. The molecule has 0 amide bonds. The molecule has 0 bridgehead atoms. The first-order chi connectivity index (χ1) is 11.3. The van der Waals surface area contributed by atoms with Crippen molar-refractivity contribution in [3.8, 4) is 11.1 Å². The average Bonchev–Trinajstić information content (AvgIpc) is 2.96. The van der Waals surface area contributed by atoms with E-state index in [9.17, 15) is 0 Å². The highest BCUT2D eigenvalue weighted by molar-refractivity contribution is 5.79. The van der Waals surface area contributed by atoms with E-state index in [4.69, 9.17) is 0 Å². The van der Waals surface area contributed by atoms with E-state index >= 15 is 0 Å². The largest absolute Gasteiger partial charge is 0.0654 e. The Hall–Kier alpha value is -1.56. The number of hydrogen-bond donors (Lipinski definition) is 0. The van der Waals surface area contributed by atoms with E-state index in [2.05, 4.69) is 51.1 Å². The molecule has 0 atom stereocenters. The molecule has 0 saturated carbocycles. The lowest BCUT2D eigenvalue weighted by molar-refractivity contribution is 0.662. The Bertz CT molecular complexity index is 679. The van der Waals surface area contributed by atoms with Crippen molar-refractivity contribution >= 4 is 0 Å². The van der Waals surface area contributed by atoms with Crippen molar-refractivity contribution in [3.63, 3.8) is 0 Å². The Morgan fingerprint density at radius 1 is 0.826 bits per heavy atom. The van der Waals surface area contributed by atoms with Crippen LogP contribution in [0, 0.1) is 0 Å². The Labute approximate surface area is 141 Å². The number of unbranched alkanes of at least 4 members (excludes halogenated alkanes) is 3. The number of fused-ring (bicyclic) bond motifs is 3. The second-order valence-electron chi connectivity index (χ2n) is 6.87. The maximum absolute atomic E-state index is 2.50. The van der Waals surface area contributed by atoms with Crippen LogP contribution >= 0.6 is 0 Å². The van der Waals surface area contributed by atoms with Crippen LogP contribution in [0.2, 0.25) is 0 Å². The predicted molar refractivity (Wildman–Crippen MR) is 101 cm³/mol. The topological polar surface area (TPSA) is 0 Å². The van der Waals surface area contributed by atoms with Crippen LogP contribution in [-0.2, 0) is 25.7 Å². The highest BCUT2D eigenvalue weighted by atomic mass is 14.3. The molecule has 0 aliphatic heterocycles. The van der Waals surface area contributed by atoms with Gasteiger partial charge < -0.3 is 0 Å². The third-order valence-electron chi connectivity index (χ3n) is 5.45. The summed E-state index contributed by atoms with van der Waals surface area (Å²) in [5.41, 5.74) is 11.1. The highest BCUT2D eigenvalue weighted by Gasteiger charge is 2.23. The van der Waals surface area contributed by atoms with E-state index in [0.717, 1.165) is 12.8 Å². The molecule has 1 aliphatic carbocycles. The molecular weight excluding hydrogens is 276 g/mol. The van der Waals surface area contributed by atoms with E-state index in [1.807, 2.05) is 0 Å². The fourth-order valence-corrected chi connectivity index (χ4v) is 4.24. The van der Waals surface area contributed by atoms with E-state index in [-0.39, 0.29) is 0 Å². The molecule has 0 heterocycles. The van der Waals surface area contributed by atoms with Gasteiger partial charge in [-0.15, -0.1) is 0 Å². The molecule has 3 rings (SSSR count). The Balaban J connectivity index is 2.03. The molecule has 2 aromatic rings. The summed E-state index contributed by atoms with van der Waals surface area (Å²) in [4.78, 5) is 0. The minimum absolute atomic E-state index is 1.14. The zero-order valence-corrected chi connectivity index (χ0v) is 15.0. The van der Waals surface area contributed by atoms with Gasteiger partial charge in [0.15, 0.2) is 0 Å². The van der Waals surface area contributed by atoms with Crippen molar-refractivity contribution < 1.29 is 0 Å². The number of aryl methyl sites for hydroxylation is 1. The van der Waals surface area contributed by atoms with Gasteiger partial charge in [-0.25, -0.2) is 0 Å². The summed E-state index contributed by atoms with van der Waals surface area (Å²) < 4.78 is 0. The number of benzene rings is 2. The molecule has 23 heavy (non-hydrogen) atoms. The summed E-state index contributed by atoms with van der Waals surface area (Å²) in [6.45, 7) is 6.94. The minimum atomic E-state index is 1.14. The minimum Gasteiger partial charge on any atom is -0.0654 e. The summed E-state index contributed by atoms with van der Waals surface area (Å²) in [5, 5.41) is 0. The molecule has 0 saturated heterocycles. The van der Waals surface area contributed by atoms with Crippen molar-refractivity contribution in [2.75, 3.05) is 0 Å². The normalized spacial score (nSPS) is 12.3. The van der Waals surface area contributed by atoms with Gasteiger partial charge in [0.2, 0.25) is 0 Å². The molecule has 2 aromatic carbocycles. The molecule has 0 N–H and O–H groups in total. The van der Waals surface area contributed by atoms with Crippen molar-refractivity contribution in [1.29, 1.82) is 0 Å². The molecule has 0 fully saturated rings. The van der Waals surface area contributed by atoms with Crippen molar-refractivity contribution in [2.45, 2.75) is 72.1 Å². The number of rotatable bonds is 7. The maximum atomic E-state index is 2.50. The SMILES string of the molecule is CCCCCCc1c(CC)c(CC)cc2c1Cc1ccccc1-2. The Kier molecular flexibility index (Phi) is 5.20. The zero-order valence-electron chi connectivity index (χ0n) is 15.0. The maximum Gasteiger partial charge on any atom is -0.00106 e. The summed E-state index contributed by atoms with van der Waals surface area (Å²) >= 11 is 0. The smallest absolute Gasteiger partial charge is 0.00106 e. The van der Waals surface area contributed by atoms with Crippen molar-refractivity contribution in [1.82, 2.24) is 0 Å². The Morgan fingerprint density at radius 3 is 2.39 bits per heavy atom. The average molecular weight is 306 g/mol. The summed E-state index contributed by atoms with van der Waals surface area (Å²) in [6, 6.07) is 11.5. The van der Waals surface area contributed by atoms with E-state index in [1.54, 1.807) is 22.3 Å². The van der Waals surface area contributed by atoms with Crippen molar-refractivity contribution in [2.24, 2.45) is 0 Å². The van der Waals surface area contributed by atoms with Crippen LogP contribution in [0.4, 0.5) is 0 Å². The fraction of sp³-hybridized carbons (Fsp3) is 0.478. The van der Waals surface area contributed by atoms with Gasteiger partial charge in [-0.2, -0.15) is 0 Å². The fourth-order valence-electron chi connectivity index (χ4n) is 4.24. The molecule has 0 aromatic heterocycles. The summed E-state index contributed by atoms with van der Waals surface area (Å²) in [5.74, 6) is 0. The monoisotopic (exact) mass is 306 g/mol. The van der Waals surface area contributed by atoms with Crippen LogP contribution in [-0.4, -0.2) is 0 Å². The summed E-state index contributed by atoms with van der Waals surface area (Å²) in [6.07, 6.45) is 10.2. The lowest BCUT2D eigenvalue weighted by Crippen LogP contribution is -2.04. The van der Waals surface area contributed by atoms with Crippen LogP contribution in [0.15, 0.2) is 30.3 Å². The second-order valence-corrected chi connectivity index (χ2v) is 6.87. The second kappa shape index (κ2) is 7.34. The zero-order chi connectivity index (χ0) is 16.2. The third kappa shape index (κ3) is 3.09. The van der Waals surface area contributed by atoms with Gasteiger partial charge in [-0.05, 0) is 71.0 Å².